The Hall–Kier alpha value is -2.13. The van der Waals surface area contributed by atoms with E-state index < -0.39 is 0 Å². The summed E-state index contributed by atoms with van der Waals surface area (Å²) in [4.78, 5) is 13.3. The van der Waals surface area contributed by atoms with Crippen LogP contribution in [0.5, 0.6) is 5.75 Å². The Labute approximate surface area is 124 Å². The Morgan fingerprint density at radius 2 is 2.05 bits per heavy atom. The van der Waals surface area contributed by atoms with Crippen LogP contribution in [0.3, 0.4) is 0 Å². The molecule has 0 atom stereocenters. The minimum absolute atomic E-state index is 0.318. The van der Waals surface area contributed by atoms with Crippen LogP contribution in [0, 0.1) is 0 Å². The van der Waals surface area contributed by atoms with Crippen LogP contribution in [0.25, 0.3) is 0 Å². The molecule has 21 heavy (non-hydrogen) atoms. The van der Waals surface area contributed by atoms with E-state index in [2.05, 4.69) is 11.0 Å². The molecule has 0 saturated heterocycles. The molecule has 1 aliphatic heterocycles. The highest BCUT2D eigenvalue weighted by molar-refractivity contribution is 5.75. The zero-order valence-electron chi connectivity index (χ0n) is 12.0. The molecule has 3 nitrogen and oxygen atoms in total. The Morgan fingerprint density at radius 3 is 2.86 bits per heavy atom. The third-order valence-electron chi connectivity index (χ3n) is 4.00. The van der Waals surface area contributed by atoms with Crippen LogP contribution < -0.4 is 0 Å². The van der Waals surface area contributed by atoms with Crippen LogP contribution in [-0.2, 0) is 19.5 Å². The number of aryl methyl sites for hydroxylation is 1. The van der Waals surface area contributed by atoms with Gasteiger partial charge in [-0.1, -0.05) is 24.3 Å². The number of aldehydes is 1. The molecule has 3 heteroatoms. The number of carbonyl (C=O) groups excluding carboxylic acids is 1. The molecule has 0 aromatic heterocycles. The number of hydrogen-bond donors (Lipinski definition) is 1. The van der Waals surface area contributed by atoms with E-state index in [0.717, 1.165) is 49.9 Å². The van der Waals surface area contributed by atoms with Gasteiger partial charge in [-0.3, -0.25) is 9.69 Å². The van der Waals surface area contributed by atoms with E-state index in [-0.39, 0.29) is 0 Å². The van der Waals surface area contributed by atoms with E-state index in [4.69, 9.17) is 0 Å². The number of aromatic hydroxyl groups is 1. The highest BCUT2D eigenvalue weighted by Crippen LogP contribution is 2.22. The third-order valence-corrected chi connectivity index (χ3v) is 4.00. The molecule has 2 aromatic carbocycles. The average molecular weight is 281 g/mol. The second kappa shape index (κ2) is 6.10. The minimum Gasteiger partial charge on any atom is -0.508 e. The summed E-state index contributed by atoms with van der Waals surface area (Å²) in [7, 11) is 0. The molecule has 0 radical (unpaired) electrons. The highest BCUT2D eigenvalue weighted by Gasteiger charge is 2.15. The first kappa shape index (κ1) is 13.8. The first-order valence-electron chi connectivity index (χ1n) is 7.32. The van der Waals surface area contributed by atoms with Crippen LogP contribution in [0.1, 0.15) is 33.5 Å². The maximum atomic E-state index is 10.9. The summed E-state index contributed by atoms with van der Waals surface area (Å²) in [5.74, 6) is 0.318. The lowest BCUT2D eigenvalue weighted by atomic mass is 10.0. The standard InChI is InChI=1S/C18H19NO2/c20-13-15-6-7-17-12-19(8-2-4-16(17)9-15)11-14-3-1-5-18(21)10-14/h1,3,5-7,9-10,13,21H,2,4,8,11-12H2. The van der Waals surface area contributed by atoms with Crippen molar-refractivity contribution in [3.05, 3.63) is 64.7 Å². The number of fused-ring (bicyclic) bond motifs is 1. The minimum atomic E-state index is 0.318. The second-order valence-electron chi connectivity index (χ2n) is 5.63. The number of phenols is 1. The van der Waals surface area contributed by atoms with Crippen LogP contribution in [0.4, 0.5) is 0 Å². The SMILES string of the molecule is O=Cc1ccc2c(c1)CCCN(Cc1cccc(O)c1)C2. The first-order chi connectivity index (χ1) is 10.2. The molecule has 1 N–H and O–H groups in total. The molecule has 1 aliphatic rings. The van der Waals surface area contributed by atoms with Crippen molar-refractivity contribution in [3.63, 3.8) is 0 Å². The van der Waals surface area contributed by atoms with Crippen molar-refractivity contribution < 1.29 is 9.90 Å². The van der Waals surface area contributed by atoms with Crippen molar-refractivity contribution in [3.8, 4) is 5.75 Å². The molecule has 0 unspecified atom stereocenters. The summed E-state index contributed by atoms with van der Waals surface area (Å²) in [5.41, 5.74) is 4.48. The fraction of sp³-hybridized carbons (Fsp3) is 0.278. The van der Waals surface area contributed by atoms with Gasteiger partial charge in [-0.2, -0.15) is 0 Å². The van der Waals surface area contributed by atoms with Gasteiger partial charge in [0.15, 0.2) is 0 Å². The quantitative estimate of drug-likeness (QED) is 0.879. The van der Waals surface area contributed by atoms with E-state index in [1.807, 2.05) is 30.3 Å². The molecular weight excluding hydrogens is 262 g/mol. The van der Waals surface area contributed by atoms with Crippen molar-refractivity contribution in [1.82, 2.24) is 4.90 Å². The average Bonchev–Trinajstić information content (AvgIpc) is 2.68. The lowest BCUT2D eigenvalue weighted by Crippen LogP contribution is -2.22. The predicted molar refractivity (Wildman–Crippen MR) is 82.4 cm³/mol. The number of carbonyl (C=O) groups is 1. The molecule has 0 bridgehead atoms. The van der Waals surface area contributed by atoms with Crippen LogP contribution in [0.2, 0.25) is 0 Å². The van der Waals surface area contributed by atoms with E-state index in [1.165, 1.54) is 11.1 Å². The van der Waals surface area contributed by atoms with Gasteiger partial charge in [0, 0.05) is 18.7 Å². The van der Waals surface area contributed by atoms with Gasteiger partial charge in [0.1, 0.15) is 12.0 Å². The molecule has 2 aromatic rings. The Kier molecular flexibility index (Phi) is 4.02. The van der Waals surface area contributed by atoms with Gasteiger partial charge < -0.3 is 5.11 Å². The number of phenolic OH excluding ortho intramolecular Hbond substituents is 1. The molecule has 108 valence electrons. The van der Waals surface area contributed by atoms with Crippen LogP contribution in [-0.4, -0.2) is 22.8 Å². The van der Waals surface area contributed by atoms with Gasteiger partial charge >= 0.3 is 0 Å². The van der Waals surface area contributed by atoms with E-state index >= 15 is 0 Å². The van der Waals surface area contributed by atoms with Gasteiger partial charge in [0.25, 0.3) is 0 Å². The fourth-order valence-corrected chi connectivity index (χ4v) is 2.97. The summed E-state index contributed by atoms with van der Waals surface area (Å²) in [6.45, 7) is 2.76. The topological polar surface area (TPSA) is 40.5 Å². The lowest BCUT2D eigenvalue weighted by molar-refractivity contribution is 0.112. The van der Waals surface area contributed by atoms with Crippen molar-refractivity contribution in [2.45, 2.75) is 25.9 Å². The zero-order chi connectivity index (χ0) is 14.7. The van der Waals surface area contributed by atoms with E-state index in [9.17, 15) is 9.90 Å². The Morgan fingerprint density at radius 1 is 1.14 bits per heavy atom. The lowest BCUT2D eigenvalue weighted by Gasteiger charge is -2.20. The molecule has 0 aliphatic carbocycles. The summed E-state index contributed by atoms with van der Waals surface area (Å²) in [6.07, 6.45) is 3.03. The smallest absolute Gasteiger partial charge is 0.150 e. The number of rotatable bonds is 3. The van der Waals surface area contributed by atoms with Gasteiger partial charge in [-0.25, -0.2) is 0 Å². The maximum Gasteiger partial charge on any atom is 0.150 e. The summed E-state index contributed by atoms with van der Waals surface area (Å²) >= 11 is 0. The normalized spacial score (nSPS) is 15.2. The van der Waals surface area contributed by atoms with Gasteiger partial charge in [-0.15, -0.1) is 0 Å². The van der Waals surface area contributed by atoms with Crippen molar-refractivity contribution in [2.75, 3.05) is 6.54 Å². The summed E-state index contributed by atoms with van der Waals surface area (Å²) < 4.78 is 0. The van der Waals surface area contributed by atoms with Crippen molar-refractivity contribution >= 4 is 6.29 Å². The number of nitrogens with zero attached hydrogens (tertiary/aromatic N) is 1. The van der Waals surface area contributed by atoms with Crippen LogP contribution >= 0.6 is 0 Å². The van der Waals surface area contributed by atoms with Gasteiger partial charge in [-0.05, 0) is 54.3 Å². The first-order valence-corrected chi connectivity index (χ1v) is 7.32. The van der Waals surface area contributed by atoms with Gasteiger partial charge in [0.05, 0.1) is 0 Å². The number of hydrogen-bond acceptors (Lipinski definition) is 3. The second-order valence-corrected chi connectivity index (χ2v) is 5.63. The molecule has 0 spiro atoms. The molecular formula is C18H19NO2. The number of benzene rings is 2. The Bertz CT molecular complexity index is 651. The zero-order valence-corrected chi connectivity index (χ0v) is 12.0. The molecule has 0 amide bonds. The van der Waals surface area contributed by atoms with E-state index in [1.54, 1.807) is 6.07 Å². The van der Waals surface area contributed by atoms with Gasteiger partial charge in [0.2, 0.25) is 0 Å². The molecule has 0 saturated carbocycles. The van der Waals surface area contributed by atoms with E-state index in [0.29, 0.717) is 5.75 Å². The van der Waals surface area contributed by atoms with Crippen molar-refractivity contribution in [2.24, 2.45) is 0 Å². The van der Waals surface area contributed by atoms with Crippen molar-refractivity contribution in [1.29, 1.82) is 0 Å². The highest BCUT2D eigenvalue weighted by atomic mass is 16.3. The monoisotopic (exact) mass is 281 g/mol. The maximum absolute atomic E-state index is 10.9. The third kappa shape index (κ3) is 3.31. The Balaban J connectivity index is 1.78. The molecule has 0 fully saturated rings. The predicted octanol–water partition coefficient (Wildman–Crippen LogP) is 3.15. The molecule has 1 heterocycles. The fourth-order valence-electron chi connectivity index (χ4n) is 2.97. The largest absolute Gasteiger partial charge is 0.508 e. The summed E-state index contributed by atoms with van der Waals surface area (Å²) in [5, 5.41) is 9.56. The summed E-state index contributed by atoms with van der Waals surface area (Å²) in [6, 6.07) is 13.4. The molecule has 3 rings (SSSR count). The van der Waals surface area contributed by atoms with Crippen LogP contribution in [0.15, 0.2) is 42.5 Å².